The second kappa shape index (κ2) is 6.08. The third-order valence-corrected chi connectivity index (χ3v) is 3.51. The number of amides is 1. The quantitative estimate of drug-likeness (QED) is 0.803. The van der Waals surface area contributed by atoms with Crippen molar-refractivity contribution in [1.29, 1.82) is 0 Å². The molecule has 3 rings (SSSR count). The van der Waals surface area contributed by atoms with Gasteiger partial charge in [0.15, 0.2) is 5.65 Å². The van der Waals surface area contributed by atoms with Crippen LogP contribution in [-0.2, 0) is 0 Å². The number of hydrogen-bond acceptors (Lipinski definition) is 4. The summed E-state index contributed by atoms with van der Waals surface area (Å²) < 4.78 is 6.98. The summed E-state index contributed by atoms with van der Waals surface area (Å²) in [4.78, 5) is 16.7. The fraction of sp³-hybridized carbons (Fsp3) is 0.235. The van der Waals surface area contributed by atoms with E-state index >= 15 is 0 Å². The first-order valence-corrected chi connectivity index (χ1v) is 7.37. The zero-order chi connectivity index (χ0) is 16.4. The fourth-order valence-corrected chi connectivity index (χ4v) is 2.35. The van der Waals surface area contributed by atoms with Crippen LogP contribution in [-0.4, -0.2) is 27.8 Å². The van der Waals surface area contributed by atoms with E-state index in [0.717, 1.165) is 11.0 Å². The van der Waals surface area contributed by atoms with Gasteiger partial charge < -0.3 is 10.1 Å². The highest BCUT2D eigenvalue weighted by atomic mass is 16.5. The number of pyridine rings is 1. The molecule has 1 N–H and O–H groups in total. The van der Waals surface area contributed by atoms with E-state index < -0.39 is 0 Å². The van der Waals surface area contributed by atoms with Crippen molar-refractivity contribution in [1.82, 2.24) is 14.8 Å². The number of carbonyl (C=O) groups excluding carboxylic acids is 1. The number of methoxy groups -OCH3 is 1. The van der Waals surface area contributed by atoms with Crippen LogP contribution < -0.4 is 10.1 Å². The molecule has 6 heteroatoms. The topological polar surface area (TPSA) is 69.0 Å². The largest absolute Gasteiger partial charge is 0.497 e. The molecule has 0 unspecified atom stereocenters. The molecule has 0 saturated heterocycles. The number of hydrogen-bond donors (Lipinski definition) is 1. The summed E-state index contributed by atoms with van der Waals surface area (Å²) >= 11 is 0. The van der Waals surface area contributed by atoms with Gasteiger partial charge in [-0.3, -0.25) is 4.79 Å². The average molecular weight is 310 g/mol. The minimum Gasteiger partial charge on any atom is -0.497 e. The molecule has 1 aromatic carbocycles. The van der Waals surface area contributed by atoms with E-state index in [1.807, 2.05) is 24.6 Å². The van der Waals surface area contributed by atoms with Crippen LogP contribution in [0.3, 0.4) is 0 Å². The summed E-state index contributed by atoms with van der Waals surface area (Å²) in [5.41, 5.74) is 1.97. The molecule has 118 valence electrons. The Labute approximate surface area is 134 Å². The summed E-state index contributed by atoms with van der Waals surface area (Å²) in [6, 6.07) is 9.11. The van der Waals surface area contributed by atoms with E-state index in [0.29, 0.717) is 17.0 Å². The van der Waals surface area contributed by atoms with Crippen LogP contribution in [0.1, 0.15) is 30.2 Å². The number of rotatable bonds is 4. The van der Waals surface area contributed by atoms with Gasteiger partial charge in [0.05, 0.1) is 25.2 Å². The molecule has 3 aromatic rings. The lowest BCUT2D eigenvalue weighted by molar-refractivity contribution is 0.102. The van der Waals surface area contributed by atoms with Gasteiger partial charge in [-0.05, 0) is 38.1 Å². The molecule has 0 aliphatic rings. The first-order valence-electron chi connectivity index (χ1n) is 7.37. The van der Waals surface area contributed by atoms with Crippen molar-refractivity contribution in [2.45, 2.75) is 19.9 Å². The molecule has 2 heterocycles. The van der Waals surface area contributed by atoms with E-state index in [4.69, 9.17) is 4.74 Å². The predicted molar refractivity (Wildman–Crippen MR) is 88.9 cm³/mol. The van der Waals surface area contributed by atoms with Gasteiger partial charge in [-0.15, -0.1) is 0 Å². The van der Waals surface area contributed by atoms with Crippen LogP contribution >= 0.6 is 0 Å². The number of nitrogens with one attached hydrogen (secondary N) is 1. The van der Waals surface area contributed by atoms with Crippen molar-refractivity contribution >= 4 is 22.6 Å². The van der Waals surface area contributed by atoms with Gasteiger partial charge >= 0.3 is 0 Å². The van der Waals surface area contributed by atoms with Gasteiger partial charge in [0.1, 0.15) is 5.75 Å². The fourth-order valence-electron chi connectivity index (χ4n) is 2.35. The third-order valence-electron chi connectivity index (χ3n) is 3.51. The van der Waals surface area contributed by atoms with Crippen LogP contribution in [0, 0.1) is 0 Å². The normalized spacial score (nSPS) is 11.0. The molecule has 23 heavy (non-hydrogen) atoms. The van der Waals surface area contributed by atoms with Crippen LogP contribution in [0.4, 0.5) is 5.69 Å². The van der Waals surface area contributed by atoms with Crippen molar-refractivity contribution in [3.8, 4) is 5.75 Å². The molecule has 0 bridgehead atoms. The Bertz CT molecular complexity index is 855. The summed E-state index contributed by atoms with van der Waals surface area (Å²) in [7, 11) is 1.57. The Morgan fingerprint density at radius 2 is 2.09 bits per heavy atom. The van der Waals surface area contributed by atoms with E-state index in [1.54, 1.807) is 43.8 Å². The maximum atomic E-state index is 12.3. The maximum Gasteiger partial charge on any atom is 0.255 e. The van der Waals surface area contributed by atoms with E-state index in [-0.39, 0.29) is 11.9 Å². The highest BCUT2D eigenvalue weighted by molar-refractivity contribution is 6.05. The molecule has 2 aromatic heterocycles. The van der Waals surface area contributed by atoms with Gasteiger partial charge in [0.25, 0.3) is 5.91 Å². The Balaban J connectivity index is 1.84. The minimum absolute atomic E-state index is 0.207. The Kier molecular flexibility index (Phi) is 3.97. The second-order valence-electron chi connectivity index (χ2n) is 5.51. The number of anilines is 1. The number of nitrogens with zero attached hydrogens (tertiary/aromatic N) is 3. The van der Waals surface area contributed by atoms with Gasteiger partial charge in [-0.2, -0.15) is 5.10 Å². The molecule has 0 fully saturated rings. The van der Waals surface area contributed by atoms with Crippen LogP contribution in [0.15, 0.2) is 42.7 Å². The second-order valence-corrected chi connectivity index (χ2v) is 5.51. The molecular weight excluding hydrogens is 292 g/mol. The van der Waals surface area contributed by atoms with E-state index in [1.165, 1.54) is 0 Å². The number of benzene rings is 1. The molecule has 1 amide bonds. The van der Waals surface area contributed by atoms with Crippen LogP contribution in [0.2, 0.25) is 0 Å². The van der Waals surface area contributed by atoms with Crippen molar-refractivity contribution < 1.29 is 9.53 Å². The van der Waals surface area contributed by atoms with Crippen molar-refractivity contribution in [2.75, 3.05) is 12.4 Å². The molecule has 0 saturated carbocycles. The van der Waals surface area contributed by atoms with Gasteiger partial charge in [-0.1, -0.05) is 6.07 Å². The number of ether oxygens (including phenoxy) is 1. The number of aromatic nitrogens is 3. The molecular formula is C17H18N4O2. The van der Waals surface area contributed by atoms with Gasteiger partial charge in [0, 0.05) is 17.0 Å². The highest BCUT2D eigenvalue weighted by Crippen LogP contribution is 2.20. The first-order chi connectivity index (χ1) is 11.1. The summed E-state index contributed by atoms with van der Waals surface area (Å²) in [5, 5.41) is 8.06. The lowest BCUT2D eigenvalue weighted by Crippen LogP contribution is -2.12. The van der Waals surface area contributed by atoms with E-state index in [2.05, 4.69) is 15.4 Å². The Morgan fingerprint density at radius 3 is 2.83 bits per heavy atom. The van der Waals surface area contributed by atoms with Crippen molar-refractivity contribution in [2.24, 2.45) is 0 Å². The summed E-state index contributed by atoms with van der Waals surface area (Å²) in [6.07, 6.45) is 3.39. The van der Waals surface area contributed by atoms with Gasteiger partial charge in [-0.25, -0.2) is 9.67 Å². The zero-order valence-corrected chi connectivity index (χ0v) is 13.3. The highest BCUT2D eigenvalue weighted by Gasteiger charge is 2.11. The molecule has 0 aliphatic heterocycles. The lowest BCUT2D eigenvalue weighted by atomic mass is 10.2. The molecule has 0 atom stereocenters. The molecule has 0 spiro atoms. The van der Waals surface area contributed by atoms with Crippen molar-refractivity contribution in [3.63, 3.8) is 0 Å². The zero-order valence-electron chi connectivity index (χ0n) is 13.3. The monoisotopic (exact) mass is 310 g/mol. The lowest BCUT2D eigenvalue weighted by Gasteiger charge is -2.08. The average Bonchev–Trinajstić information content (AvgIpc) is 2.98. The predicted octanol–water partition coefficient (Wildman–Crippen LogP) is 3.27. The Hall–Kier alpha value is -2.89. The first kappa shape index (κ1) is 15.0. The number of carbonyl (C=O) groups is 1. The maximum absolute atomic E-state index is 12.3. The van der Waals surface area contributed by atoms with Crippen LogP contribution in [0.5, 0.6) is 5.75 Å². The number of fused-ring (bicyclic) bond motifs is 1. The third kappa shape index (κ3) is 3.01. The van der Waals surface area contributed by atoms with Gasteiger partial charge in [0.2, 0.25) is 0 Å². The summed E-state index contributed by atoms with van der Waals surface area (Å²) in [5.74, 6) is 0.436. The molecule has 0 radical (unpaired) electrons. The van der Waals surface area contributed by atoms with Crippen molar-refractivity contribution in [3.05, 3.63) is 48.3 Å². The molecule has 6 nitrogen and oxygen atoms in total. The SMILES string of the molecule is COc1cccc(C(=O)Nc2cnc3c(cnn3C(C)C)c2)c1. The Morgan fingerprint density at radius 1 is 1.26 bits per heavy atom. The molecule has 0 aliphatic carbocycles. The standard InChI is InChI=1S/C17H18N4O2/c1-11(2)21-16-13(9-19-21)7-14(10-18-16)20-17(22)12-5-4-6-15(8-12)23-3/h4-11H,1-3H3,(H,20,22). The van der Waals surface area contributed by atoms with E-state index in [9.17, 15) is 4.79 Å². The van der Waals surface area contributed by atoms with Crippen LogP contribution in [0.25, 0.3) is 11.0 Å². The smallest absolute Gasteiger partial charge is 0.255 e. The summed E-state index contributed by atoms with van der Waals surface area (Å²) in [6.45, 7) is 4.10. The minimum atomic E-state index is -0.207.